The molecular formula is C13H27N3O2. The minimum Gasteiger partial charge on any atom is -0.383 e. The number of amides is 1. The van der Waals surface area contributed by atoms with Crippen LogP contribution in [0.2, 0.25) is 0 Å². The quantitative estimate of drug-likeness (QED) is 0.604. The van der Waals surface area contributed by atoms with Crippen LogP contribution in [-0.2, 0) is 9.53 Å². The van der Waals surface area contributed by atoms with Crippen molar-refractivity contribution in [1.82, 2.24) is 15.5 Å². The summed E-state index contributed by atoms with van der Waals surface area (Å²) in [6, 6.07) is 0.612. The van der Waals surface area contributed by atoms with Gasteiger partial charge in [-0.2, -0.15) is 0 Å². The number of hydrogen-bond acceptors (Lipinski definition) is 4. The molecule has 1 saturated heterocycles. The van der Waals surface area contributed by atoms with Gasteiger partial charge in [0.2, 0.25) is 5.91 Å². The van der Waals surface area contributed by atoms with E-state index in [0.29, 0.717) is 31.7 Å². The van der Waals surface area contributed by atoms with E-state index in [2.05, 4.69) is 29.4 Å². The summed E-state index contributed by atoms with van der Waals surface area (Å²) >= 11 is 0. The van der Waals surface area contributed by atoms with E-state index in [1.807, 2.05) is 0 Å². The van der Waals surface area contributed by atoms with Crippen molar-refractivity contribution in [2.75, 3.05) is 46.4 Å². The lowest BCUT2D eigenvalue weighted by atomic mass is 10.1. The van der Waals surface area contributed by atoms with Gasteiger partial charge in [-0.05, 0) is 32.7 Å². The topological polar surface area (TPSA) is 53.6 Å². The molecule has 1 amide bonds. The van der Waals surface area contributed by atoms with Crippen molar-refractivity contribution in [3.8, 4) is 0 Å². The second-order valence-corrected chi connectivity index (χ2v) is 5.22. The van der Waals surface area contributed by atoms with E-state index >= 15 is 0 Å². The molecule has 0 spiro atoms. The van der Waals surface area contributed by atoms with Crippen LogP contribution in [0.1, 0.15) is 20.3 Å². The molecule has 1 heterocycles. The van der Waals surface area contributed by atoms with E-state index < -0.39 is 0 Å². The summed E-state index contributed by atoms with van der Waals surface area (Å²) < 4.78 is 4.90. The summed E-state index contributed by atoms with van der Waals surface area (Å²) in [6.07, 6.45) is 1.19. The zero-order valence-electron chi connectivity index (χ0n) is 11.9. The maximum Gasteiger partial charge on any atom is 0.233 e. The summed E-state index contributed by atoms with van der Waals surface area (Å²) in [5.74, 6) is 0.685. The van der Waals surface area contributed by atoms with Gasteiger partial charge in [0.1, 0.15) is 0 Å². The third kappa shape index (κ3) is 5.80. The molecule has 1 aliphatic rings. The first-order valence-corrected chi connectivity index (χ1v) is 6.84. The van der Waals surface area contributed by atoms with E-state index in [4.69, 9.17) is 4.74 Å². The maximum absolute atomic E-state index is 11.6. The average molecular weight is 257 g/mol. The predicted molar refractivity (Wildman–Crippen MR) is 72.6 cm³/mol. The molecule has 0 radical (unpaired) electrons. The first-order chi connectivity index (χ1) is 8.63. The summed E-state index contributed by atoms with van der Waals surface area (Å²) in [5.41, 5.74) is 0. The number of carbonyl (C=O) groups is 1. The molecule has 1 fully saturated rings. The van der Waals surface area contributed by atoms with Crippen LogP contribution in [0.3, 0.4) is 0 Å². The first kappa shape index (κ1) is 15.4. The molecule has 5 heteroatoms. The molecule has 106 valence electrons. The van der Waals surface area contributed by atoms with Crippen LogP contribution >= 0.6 is 0 Å². The van der Waals surface area contributed by atoms with Gasteiger partial charge in [0.15, 0.2) is 0 Å². The minimum atomic E-state index is 0.0779. The summed E-state index contributed by atoms with van der Waals surface area (Å²) in [4.78, 5) is 14.0. The molecule has 0 aliphatic carbocycles. The normalized spacial score (nSPS) is 20.6. The fourth-order valence-electron chi connectivity index (χ4n) is 2.20. The third-order valence-electron chi connectivity index (χ3n) is 3.40. The van der Waals surface area contributed by atoms with Crippen LogP contribution in [0.5, 0.6) is 0 Å². The number of hydrogen-bond donors (Lipinski definition) is 2. The monoisotopic (exact) mass is 257 g/mol. The second kappa shape index (κ2) is 8.45. The van der Waals surface area contributed by atoms with E-state index in [-0.39, 0.29) is 5.91 Å². The highest BCUT2D eigenvalue weighted by molar-refractivity contribution is 5.77. The van der Waals surface area contributed by atoms with E-state index in [9.17, 15) is 4.79 Å². The van der Waals surface area contributed by atoms with Crippen molar-refractivity contribution in [2.45, 2.75) is 26.3 Å². The van der Waals surface area contributed by atoms with Crippen molar-refractivity contribution >= 4 is 5.91 Å². The van der Waals surface area contributed by atoms with Crippen LogP contribution in [-0.4, -0.2) is 63.3 Å². The molecule has 1 atom stereocenters. The number of ether oxygens (including phenoxy) is 1. The largest absolute Gasteiger partial charge is 0.383 e. The smallest absolute Gasteiger partial charge is 0.233 e. The Kier molecular flexibility index (Phi) is 7.23. The van der Waals surface area contributed by atoms with Crippen LogP contribution < -0.4 is 10.6 Å². The van der Waals surface area contributed by atoms with Crippen LogP contribution in [0.25, 0.3) is 0 Å². The van der Waals surface area contributed by atoms with Gasteiger partial charge < -0.3 is 20.3 Å². The zero-order valence-corrected chi connectivity index (χ0v) is 11.9. The van der Waals surface area contributed by atoms with Crippen molar-refractivity contribution in [1.29, 1.82) is 0 Å². The highest BCUT2D eigenvalue weighted by Crippen LogP contribution is 2.17. The van der Waals surface area contributed by atoms with Gasteiger partial charge in [-0.3, -0.25) is 4.79 Å². The van der Waals surface area contributed by atoms with Crippen molar-refractivity contribution in [2.24, 2.45) is 5.92 Å². The minimum absolute atomic E-state index is 0.0779. The lowest BCUT2D eigenvalue weighted by molar-refractivity contribution is -0.120. The molecule has 0 saturated carbocycles. The van der Waals surface area contributed by atoms with E-state index in [0.717, 1.165) is 19.6 Å². The molecule has 1 aliphatic heterocycles. The molecular weight excluding hydrogens is 230 g/mol. The third-order valence-corrected chi connectivity index (χ3v) is 3.40. The zero-order chi connectivity index (χ0) is 13.4. The number of methoxy groups -OCH3 is 1. The van der Waals surface area contributed by atoms with Gasteiger partial charge in [-0.15, -0.1) is 0 Å². The molecule has 0 bridgehead atoms. The molecule has 0 aromatic rings. The Labute approximate surface area is 110 Å². The first-order valence-electron chi connectivity index (χ1n) is 6.84. The molecule has 2 N–H and O–H groups in total. The van der Waals surface area contributed by atoms with E-state index in [1.165, 1.54) is 6.42 Å². The number of carbonyl (C=O) groups excluding carboxylic acids is 1. The van der Waals surface area contributed by atoms with Gasteiger partial charge in [-0.1, -0.05) is 0 Å². The van der Waals surface area contributed by atoms with Crippen molar-refractivity contribution < 1.29 is 9.53 Å². The Morgan fingerprint density at radius 3 is 2.89 bits per heavy atom. The lowest BCUT2D eigenvalue weighted by Crippen LogP contribution is -2.38. The van der Waals surface area contributed by atoms with Crippen LogP contribution in [0.15, 0.2) is 0 Å². The highest BCUT2D eigenvalue weighted by Gasteiger charge is 2.24. The molecule has 1 unspecified atom stereocenters. The Hall–Kier alpha value is -0.650. The number of likely N-dealkylation sites (tertiary alicyclic amines) is 1. The van der Waals surface area contributed by atoms with Gasteiger partial charge >= 0.3 is 0 Å². The number of nitrogens with one attached hydrogen (secondary N) is 2. The molecule has 0 aromatic heterocycles. The Morgan fingerprint density at radius 2 is 2.28 bits per heavy atom. The van der Waals surface area contributed by atoms with Crippen molar-refractivity contribution in [3.05, 3.63) is 0 Å². The van der Waals surface area contributed by atoms with Crippen LogP contribution in [0.4, 0.5) is 0 Å². The lowest BCUT2D eigenvalue weighted by Gasteiger charge is -2.20. The van der Waals surface area contributed by atoms with E-state index in [1.54, 1.807) is 7.11 Å². The highest BCUT2D eigenvalue weighted by atomic mass is 16.5. The number of rotatable bonds is 8. The molecule has 0 aromatic carbocycles. The van der Waals surface area contributed by atoms with Gasteiger partial charge in [0, 0.05) is 32.8 Å². The molecule has 1 rings (SSSR count). The Bertz CT molecular complexity index is 246. The maximum atomic E-state index is 11.6. The van der Waals surface area contributed by atoms with Gasteiger partial charge in [0.05, 0.1) is 13.2 Å². The van der Waals surface area contributed by atoms with Crippen molar-refractivity contribution in [3.63, 3.8) is 0 Å². The Balaban J connectivity index is 2.05. The van der Waals surface area contributed by atoms with Gasteiger partial charge in [-0.25, -0.2) is 0 Å². The van der Waals surface area contributed by atoms with Gasteiger partial charge in [0.25, 0.3) is 0 Å². The SMILES string of the molecule is COCCNCC(=O)NCC1CCN(C(C)C)C1. The summed E-state index contributed by atoms with van der Waals surface area (Å²) in [7, 11) is 1.66. The number of nitrogens with zero attached hydrogens (tertiary/aromatic N) is 1. The van der Waals surface area contributed by atoms with Crippen LogP contribution in [0, 0.1) is 5.92 Å². The fraction of sp³-hybridized carbons (Fsp3) is 0.923. The standard InChI is InChI=1S/C13H27N3O2/c1-11(2)16-6-4-12(10-16)8-15-13(17)9-14-5-7-18-3/h11-12,14H,4-10H2,1-3H3,(H,15,17). The fourth-order valence-corrected chi connectivity index (χ4v) is 2.20. The summed E-state index contributed by atoms with van der Waals surface area (Å²) in [5, 5.41) is 6.03. The molecule has 5 nitrogen and oxygen atoms in total. The average Bonchev–Trinajstić information content (AvgIpc) is 2.81. The predicted octanol–water partition coefficient (Wildman–Crippen LogP) is 0.0689. The summed E-state index contributed by atoms with van der Waals surface area (Å²) in [6.45, 7) is 9.24. The second-order valence-electron chi connectivity index (χ2n) is 5.22. The Morgan fingerprint density at radius 1 is 1.50 bits per heavy atom. The molecule has 18 heavy (non-hydrogen) atoms.